The Hall–Kier alpha value is -3.50. The molecule has 4 atom stereocenters. The third kappa shape index (κ3) is 6.97. The summed E-state index contributed by atoms with van der Waals surface area (Å²) in [5, 5.41) is 7.92. The molecule has 48 heavy (non-hydrogen) atoms. The van der Waals surface area contributed by atoms with Crippen LogP contribution in [0.15, 0.2) is 65.2 Å². The number of nitrogens with one attached hydrogen (secondary N) is 1. The lowest BCUT2D eigenvalue weighted by molar-refractivity contribution is -0.139. The van der Waals surface area contributed by atoms with Crippen molar-refractivity contribution in [1.82, 2.24) is 15.4 Å². The molecule has 7 rings (SSSR count). The van der Waals surface area contributed by atoms with Gasteiger partial charge in [-0.05, 0) is 91.5 Å². The minimum Gasteiger partial charge on any atom is -0.486 e. The first-order chi connectivity index (χ1) is 23.3. The topological polar surface area (TPSA) is 76.8 Å². The summed E-state index contributed by atoms with van der Waals surface area (Å²) < 4.78 is 44.8. The maximum Gasteiger partial charge on any atom is 0.228 e. The molecule has 2 bridgehead atoms. The first-order valence-corrected chi connectivity index (χ1v) is 17.2. The molecular formula is C37H37Cl2F2N3O4. The molecule has 7 nitrogen and oxygen atoms in total. The van der Waals surface area contributed by atoms with E-state index in [9.17, 15) is 13.6 Å². The third-order valence-electron chi connectivity index (χ3n) is 9.83. The van der Waals surface area contributed by atoms with Gasteiger partial charge in [-0.1, -0.05) is 52.6 Å². The summed E-state index contributed by atoms with van der Waals surface area (Å²) in [6.45, 7) is 1.16. The van der Waals surface area contributed by atoms with Crippen molar-refractivity contribution < 1.29 is 27.6 Å². The second kappa shape index (κ2) is 14.2. The normalized spacial score (nSPS) is 21.8. The number of carbonyl (C=O) groups is 1. The Morgan fingerprint density at radius 1 is 1.02 bits per heavy atom. The number of nitrogens with zero attached hydrogens (tertiary/aromatic N) is 2. The number of hydrogen-bond donors (Lipinski definition) is 1. The van der Waals surface area contributed by atoms with Gasteiger partial charge < -0.3 is 24.2 Å². The summed E-state index contributed by atoms with van der Waals surface area (Å²) in [5.41, 5.74) is 3.15. The largest absolute Gasteiger partial charge is 0.486 e. The molecule has 3 fully saturated rings. The van der Waals surface area contributed by atoms with Crippen molar-refractivity contribution in [3.05, 3.63) is 105 Å². The van der Waals surface area contributed by atoms with E-state index >= 15 is 0 Å². The van der Waals surface area contributed by atoms with E-state index in [1.807, 2.05) is 36.4 Å². The monoisotopic (exact) mass is 695 g/mol. The summed E-state index contributed by atoms with van der Waals surface area (Å²) >= 11 is 12.6. The summed E-state index contributed by atoms with van der Waals surface area (Å²) in [4.78, 5) is 16.6. The van der Waals surface area contributed by atoms with Gasteiger partial charge in [-0.2, -0.15) is 0 Å². The van der Waals surface area contributed by atoms with Crippen molar-refractivity contribution in [3.63, 3.8) is 0 Å². The highest BCUT2D eigenvalue weighted by molar-refractivity contribution is 6.33. The maximum absolute atomic E-state index is 14.5. The van der Waals surface area contributed by atoms with Gasteiger partial charge in [0.1, 0.15) is 29.7 Å². The molecule has 1 N–H and O–H groups in total. The van der Waals surface area contributed by atoms with Crippen LogP contribution in [0.1, 0.15) is 60.5 Å². The molecule has 1 aliphatic carbocycles. The smallest absolute Gasteiger partial charge is 0.228 e. The van der Waals surface area contributed by atoms with Crippen LogP contribution in [-0.2, 0) is 29.1 Å². The predicted molar refractivity (Wildman–Crippen MR) is 179 cm³/mol. The lowest BCUT2D eigenvalue weighted by Crippen LogP contribution is -2.52. The fraction of sp³-hybridized carbons (Fsp3) is 0.405. The molecule has 2 aliphatic heterocycles. The molecule has 2 saturated heterocycles. The Bertz CT molecular complexity index is 1780. The van der Waals surface area contributed by atoms with Gasteiger partial charge in [0, 0.05) is 42.9 Å². The van der Waals surface area contributed by atoms with Gasteiger partial charge in [-0.15, -0.1) is 0 Å². The maximum atomic E-state index is 14.5. The van der Waals surface area contributed by atoms with Gasteiger partial charge in [0.2, 0.25) is 5.91 Å². The van der Waals surface area contributed by atoms with Crippen LogP contribution in [-0.4, -0.2) is 47.8 Å². The van der Waals surface area contributed by atoms with Crippen molar-refractivity contribution in [2.24, 2.45) is 5.92 Å². The minimum absolute atomic E-state index is 0.0328. The molecule has 0 unspecified atom stereocenters. The number of fused-ring (bicyclic) bond motifs is 2. The van der Waals surface area contributed by atoms with E-state index in [0.717, 1.165) is 67.3 Å². The van der Waals surface area contributed by atoms with Crippen molar-refractivity contribution >= 4 is 29.1 Å². The van der Waals surface area contributed by atoms with Crippen LogP contribution in [0.4, 0.5) is 8.78 Å². The molecule has 4 aromatic rings. The second-order valence-corrected chi connectivity index (χ2v) is 13.8. The van der Waals surface area contributed by atoms with E-state index in [1.54, 1.807) is 7.11 Å². The molecule has 11 heteroatoms. The highest BCUT2D eigenvalue weighted by atomic mass is 35.5. The molecule has 3 aliphatic rings. The van der Waals surface area contributed by atoms with E-state index in [4.69, 9.17) is 37.2 Å². The number of hydrogen-bond acceptors (Lipinski definition) is 6. The van der Waals surface area contributed by atoms with E-state index in [2.05, 4.69) is 21.4 Å². The van der Waals surface area contributed by atoms with Gasteiger partial charge >= 0.3 is 0 Å². The molecule has 3 heterocycles. The SMILES string of the molecule is COCCc1ccc(Cl)c(CN(C(=O)[C@@H]2[C@@H](c3ccc(OCc4cc(-c5c(F)ccc(F)c5Cl)no4)cc3)C[C@H]3CC[C@H]2N3)C2CC2)c1. The third-order valence-corrected chi connectivity index (χ3v) is 10.6. The standard InChI is InChI=1S/C37H37Cl2F2N3O4/c1-46-15-14-21-2-10-29(38)23(16-21)19-44(25-6-7-25)37(45)34-28(17-24-5-13-32(34)42-24)22-3-8-26(9-4-22)47-20-27-18-33(43-48-27)35-30(40)11-12-31(41)36(35)39/h2-4,8-12,16,18,24-25,28,32,34,42H,5-7,13-15,17,19-20H2,1H3/t24-,28-,32-,34-/m1/s1. The highest BCUT2D eigenvalue weighted by Gasteiger charge is 2.48. The lowest BCUT2D eigenvalue weighted by Gasteiger charge is -2.40. The van der Waals surface area contributed by atoms with E-state index in [-0.39, 0.29) is 52.7 Å². The minimum atomic E-state index is -0.743. The van der Waals surface area contributed by atoms with E-state index in [1.165, 1.54) is 6.07 Å². The summed E-state index contributed by atoms with van der Waals surface area (Å²) in [5.74, 6) is -0.431. The molecule has 0 radical (unpaired) electrons. The van der Waals surface area contributed by atoms with Gasteiger partial charge in [-0.25, -0.2) is 8.78 Å². The summed E-state index contributed by atoms with van der Waals surface area (Å²) in [6, 6.07) is 18.1. The van der Waals surface area contributed by atoms with Crippen LogP contribution in [0.5, 0.6) is 5.75 Å². The van der Waals surface area contributed by atoms with E-state index in [0.29, 0.717) is 35.7 Å². The fourth-order valence-corrected chi connectivity index (χ4v) is 7.67. The summed E-state index contributed by atoms with van der Waals surface area (Å²) in [6.07, 6.45) is 5.74. The van der Waals surface area contributed by atoms with Crippen LogP contribution < -0.4 is 10.1 Å². The number of benzene rings is 3. The Kier molecular flexibility index (Phi) is 9.74. The number of carbonyl (C=O) groups excluding carboxylic acids is 1. The molecule has 1 amide bonds. The van der Waals surface area contributed by atoms with Crippen LogP contribution in [0.2, 0.25) is 10.0 Å². The second-order valence-electron chi connectivity index (χ2n) is 13.0. The average molecular weight is 697 g/mol. The van der Waals surface area contributed by atoms with Crippen LogP contribution in [0.25, 0.3) is 11.3 Å². The van der Waals surface area contributed by atoms with Crippen molar-refractivity contribution in [1.29, 1.82) is 0 Å². The van der Waals surface area contributed by atoms with Crippen LogP contribution in [0.3, 0.4) is 0 Å². The van der Waals surface area contributed by atoms with Gasteiger partial charge in [0.05, 0.1) is 23.1 Å². The first-order valence-electron chi connectivity index (χ1n) is 16.4. The molecule has 1 aromatic heterocycles. The Morgan fingerprint density at radius 2 is 1.81 bits per heavy atom. The van der Waals surface area contributed by atoms with Crippen LogP contribution in [0, 0.1) is 17.6 Å². The molecular weight excluding hydrogens is 659 g/mol. The van der Waals surface area contributed by atoms with Crippen molar-refractivity contribution in [2.75, 3.05) is 13.7 Å². The zero-order valence-electron chi connectivity index (χ0n) is 26.6. The van der Waals surface area contributed by atoms with Crippen molar-refractivity contribution in [2.45, 2.75) is 75.7 Å². The predicted octanol–water partition coefficient (Wildman–Crippen LogP) is 8.11. The quantitative estimate of drug-likeness (QED) is 0.151. The number of piperidine rings is 1. The lowest BCUT2D eigenvalue weighted by atomic mass is 9.76. The Morgan fingerprint density at radius 3 is 2.58 bits per heavy atom. The average Bonchev–Trinajstić information content (AvgIpc) is 3.72. The molecule has 1 saturated carbocycles. The number of ether oxygens (including phenoxy) is 2. The Balaban J connectivity index is 1.06. The van der Waals surface area contributed by atoms with Crippen LogP contribution >= 0.6 is 23.2 Å². The molecule has 3 aromatic carbocycles. The number of amides is 1. The summed E-state index contributed by atoms with van der Waals surface area (Å²) in [7, 11) is 1.69. The molecule has 252 valence electrons. The van der Waals surface area contributed by atoms with Gasteiger partial charge in [-0.3, -0.25) is 4.79 Å². The number of aromatic nitrogens is 1. The first kappa shape index (κ1) is 33.0. The highest BCUT2D eigenvalue weighted by Crippen LogP contribution is 2.45. The number of rotatable bonds is 12. The number of methoxy groups -OCH3 is 1. The zero-order chi connectivity index (χ0) is 33.4. The van der Waals surface area contributed by atoms with Gasteiger partial charge in [0.15, 0.2) is 5.76 Å². The number of halogens is 4. The van der Waals surface area contributed by atoms with E-state index < -0.39 is 11.6 Å². The van der Waals surface area contributed by atoms with Gasteiger partial charge in [0.25, 0.3) is 0 Å². The molecule has 0 spiro atoms. The Labute approximate surface area is 288 Å². The zero-order valence-corrected chi connectivity index (χ0v) is 28.1. The van der Waals surface area contributed by atoms with Crippen molar-refractivity contribution in [3.8, 4) is 17.0 Å². The fourth-order valence-electron chi connectivity index (χ4n) is 7.24.